The molecule has 2 aromatic carbocycles. The fourth-order valence-electron chi connectivity index (χ4n) is 4.71. The van der Waals surface area contributed by atoms with Gasteiger partial charge in [0.15, 0.2) is 0 Å². The highest BCUT2D eigenvalue weighted by molar-refractivity contribution is 5.92. The molecule has 0 aromatic heterocycles. The molecule has 1 heterocycles. The summed E-state index contributed by atoms with van der Waals surface area (Å²) in [5.74, 6) is 0.938. The monoisotopic (exact) mass is 544 g/mol. The molecule has 40 heavy (non-hydrogen) atoms. The maximum absolute atomic E-state index is 12.1. The van der Waals surface area contributed by atoms with Gasteiger partial charge in [-0.15, -0.1) is 0 Å². The lowest BCUT2D eigenvalue weighted by Crippen LogP contribution is -2.47. The van der Waals surface area contributed by atoms with Gasteiger partial charge in [0.2, 0.25) is 11.8 Å². The summed E-state index contributed by atoms with van der Waals surface area (Å²) < 4.78 is 0. The van der Waals surface area contributed by atoms with E-state index in [1.54, 1.807) is 12.2 Å². The Morgan fingerprint density at radius 3 is 1.32 bits per heavy atom. The molecular weight excluding hydrogens is 496 g/mol. The second-order valence-corrected chi connectivity index (χ2v) is 11.3. The predicted molar refractivity (Wildman–Crippen MR) is 167 cm³/mol. The van der Waals surface area contributed by atoms with Crippen LogP contribution >= 0.6 is 0 Å². The summed E-state index contributed by atoms with van der Waals surface area (Å²) in [5, 5.41) is 5.99. The van der Waals surface area contributed by atoms with Gasteiger partial charge in [0.25, 0.3) is 0 Å². The highest BCUT2D eigenvalue weighted by atomic mass is 16.2. The van der Waals surface area contributed by atoms with E-state index in [-0.39, 0.29) is 11.8 Å². The van der Waals surface area contributed by atoms with Crippen molar-refractivity contribution in [2.45, 2.75) is 52.4 Å². The Morgan fingerprint density at radius 2 is 1.00 bits per heavy atom. The van der Waals surface area contributed by atoms with Crippen molar-refractivity contribution >= 4 is 24.0 Å². The fourth-order valence-corrected chi connectivity index (χ4v) is 4.71. The Balaban J connectivity index is 1.20. The van der Waals surface area contributed by atoms with E-state index >= 15 is 0 Å². The summed E-state index contributed by atoms with van der Waals surface area (Å²) in [6.07, 6.45) is 8.87. The maximum atomic E-state index is 12.1. The summed E-state index contributed by atoms with van der Waals surface area (Å²) in [6, 6.07) is 16.7. The van der Waals surface area contributed by atoms with Crippen molar-refractivity contribution in [2.75, 3.05) is 52.4 Å². The molecular formula is C34H48N4O2. The van der Waals surface area contributed by atoms with E-state index in [2.05, 4.69) is 96.7 Å². The van der Waals surface area contributed by atoms with Crippen LogP contribution in [0.5, 0.6) is 0 Å². The quantitative estimate of drug-likeness (QED) is 0.251. The number of nitrogens with one attached hydrogen (secondary N) is 2. The topological polar surface area (TPSA) is 64.7 Å². The first-order chi connectivity index (χ1) is 19.3. The standard InChI is InChI=1S/C34H48N4O2/c1-27(2)31-13-7-29(8-14-31)11-17-33(39)35-19-5-21-37-23-25-38(26-24-37)22-6-20-36-34(40)18-12-30-9-15-32(16-10-30)28(3)4/h7-18,27-28H,5-6,19-26H2,1-4H3,(H,35,39)(H,36,40). The molecule has 0 bridgehead atoms. The minimum atomic E-state index is -0.0411. The van der Waals surface area contributed by atoms with Gasteiger partial charge in [-0.05, 0) is 72.2 Å². The minimum Gasteiger partial charge on any atom is -0.353 e. The number of hydrogen-bond acceptors (Lipinski definition) is 4. The normalized spacial score (nSPS) is 14.9. The Kier molecular flexibility index (Phi) is 13.1. The van der Waals surface area contributed by atoms with Crippen LogP contribution in [0.1, 0.15) is 74.6 Å². The van der Waals surface area contributed by atoms with Gasteiger partial charge >= 0.3 is 0 Å². The zero-order chi connectivity index (χ0) is 28.7. The van der Waals surface area contributed by atoms with Crippen LogP contribution in [0.15, 0.2) is 60.7 Å². The van der Waals surface area contributed by atoms with Crippen LogP contribution in [0.3, 0.4) is 0 Å². The van der Waals surface area contributed by atoms with Crippen molar-refractivity contribution in [3.8, 4) is 0 Å². The van der Waals surface area contributed by atoms with Crippen LogP contribution in [0.2, 0.25) is 0 Å². The molecule has 0 radical (unpaired) electrons. The van der Waals surface area contributed by atoms with Gasteiger partial charge in [0.1, 0.15) is 0 Å². The van der Waals surface area contributed by atoms with Crippen LogP contribution in [0, 0.1) is 0 Å². The zero-order valence-electron chi connectivity index (χ0n) is 24.9. The zero-order valence-corrected chi connectivity index (χ0v) is 24.9. The van der Waals surface area contributed by atoms with Crippen LogP contribution < -0.4 is 10.6 Å². The van der Waals surface area contributed by atoms with Crippen molar-refractivity contribution < 1.29 is 9.59 Å². The van der Waals surface area contributed by atoms with E-state index in [1.165, 1.54) is 11.1 Å². The van der Waals surface area contributed by atoms with E-state index < -0.39 is 0 Å². The molecule has 216 valence electrons. The van der Waals surface area contributed by atoms with Crippen molar-refractivity contribution in [3.63, 3.8) is 0 Å². The molecule has 6 nitrogen and oxygen atoms in total. The number of rotatable bonds is 14. The first kappa shape index (κ1) is 31.3. The van der Waals surface area contributed by atoms with Crippen LogP contribution in [-0.2, 0) is 9.59 Å². The molecule has 1 fully saturated rings. The van der Waals surface area contributed by atoms with Gasteiger partial charge in [-0.2, -0.15) is 0 Å². The third-order valence-corrected chi connectivity index (χ3v) is 7.43. The van der Waals surface area contributed by atoms with E-state index in [4.69, 9.17) is 0 Å². The fraction of sp³-hybridized carbons (Fsp3) is 0.471. The largest absolute Gasteiger partial charge is 0.353 e. The second kappa shape index (κ2) is 16.8. The van der Waals surface area contributed by atoms with E-state index in [1.807, 2.05) is 12.2 Å². The Hall–Kier alpha value is -3.22. The smallest absolute Gasteiger partial charge is 0.243 e. The summed E-state index contributed by atoms with van der Waals surface area (Å²) in [7, 11) is 0. The number of amides is 2. The summed E-state index contributed by atoms with van der Waals surface area (Å²) in [6.45, 7) is 16.3. The van der Waals surface area contributed by atoms with Gasteiger partial charge in [0.05, 0.1) is 0 Å². The highest BCUT2D eigenvalue weighted by Gasteiger charge is 2.16. The lowest BCUT2D eigenvalue weighted by molar-refractivity contribution is -0.117. The molecule has 1 saturated heterocycles. The number of nitrogens with zero attached hydrogens (tertiary/aromatic N) is 2. The molecule has 1 aliphatic heterocycles. The van der Waals surface area contributed by atoms with Crippen LogP contribution in [-0.4, -0.2) is 74.0 Å². The number of hydrogen-bond donors (Lipinski definition) is 2. The van der Waals surface area contributed by atoms with Crippen molar-refractivity contribution in [1.29, 1.82) is 0 Å². The molecule has 3 rings (SSSR count). The first-order valence-electron chi connectivity index (χ1n) is 14.9. The lowest BCUT2D eigenvalue weighted by atomic mass is 10.0. The number of benzene rings is 2. The van der Waals surface area contributed by atoms with E-state index in [0.29, 0.717) is 24.9 Å². The number of piperazine rings is 1. The molecule has 6 heteroatoms. The van der Waals surface area contributed by atoms with Crippen molar-refractivity contribution in [1.82, 2.24) is 20.4 Å². The molecule has 1 aliphatic rings. The van der Waals surface area contributed by atoms with Gasteiger partial charge in [-0.3, -0.25) is 9.59 Å². The number of carbonyl (C=O) groups excluding carboxylic acids is 2. The molecule has 2 aromatic rings. The summed E-state index contributed by atoms with van der Waals surface area (Å²) in [5.41, 5.74) is 4.69. The van der Waals surface area contributed by atoms with Gasteiger partial charge in [0, 0.05) is 51.4 Å². The van der Waals surface area contributed by atoms with Crippen LogP contribution in [0.25, 0.3) is 12.2 Å². The SMILES string of the molecule is CC(C)c1ccc(C=CC(=O)NCCCN2CCN(CCCNC(=O)C=Cc3ccc(C(C)C)cc3)CC2)cc1. The molecule has 0 unspecified atom stereocenters. The number of carbonyl (C=O) groups is 2. The second-order valence-electron chi connectivity index (χ2n) is 11.3. The summed E-state index contributed by atoms with van der Waals surface area (Å²) >= 11 is 0. The van der Waals surface area contributed by atoms with Gasteiger partial charge in [-0.25, -0.2) is 0 Å². The average Bonchev–Trinajstić information content (AvgIpc) is 2.96. The van der Waals surface area contributed by atoms with Crippen LogP contribution in [0.4, 0.5) is 0 Å². The van der Waals surface area contributed by atoms with E-state index in [0.717, 1.165) is 63.2 Å². The summed E-state index contributed by atoms with van der Waals surface area (Å²) in [4.78, 5) is 29.2. The third kappa shape index (κ3) is 11.5. The lowest BCUT2D eigenvalue weighted by Gasteiger charge is -2.34. The first-order valence-corrected chi connectivity index (χ1v) is 14.9. The minimum absolute atomic E-state index is 0.0411. The maximum Gasteiger partial charge on any atom is 0.243 e. The van der Waals surface area contributed by atoms with E-state index in [9.17, 15) is 9.59 Å². The van der Waals surface area contributed by atoms with Crippen molar-refractivity contribution in [2.24, 2.45) is 0 Å². The Labute approximate surface area is 241 Å². The Bertz CT molecular complexity index is 1010. The molecule has 0 saturated carbocycles. The molecule has 0 aliphatic carbocycles. The molecule has 0 spiro atoms. The predicted octanol–water partition coefficient (Wildman–Crippen LogP) is 5.29. The molecule has 2 amide bonds. The van der Waals surface area contributed by atoms with Gasteiger partial charge < -0.3 is 20.4 Å². The molecule has 2 N–H and O–H groups in total. The average molecular weight is 545 g/mol. The van der Waals surface area contributed by atoms with Crippen molar-refractivity contribution in [3.05, 3.63) is 82.9 Å². The Morgan fingerprint density at radius 1 is 0.650 bits per heavy atom. The molecule has 0 atom stereocenters. The highest BCUT2D eigenvalue weighted by Crippen LogP contribution is 2.16. The third-order valence-electron chi connectivity index (χ3n) is 7.43. The van der Waals surface area contributed by atoms with Gasteiger partial charge in [-0.1, -0.05) is 76.2 Å².